The van der Waals surface area contributed by atoms with E-state index in [0.717, 1.165) is 0 Å². The Morgan fingerprint density at radius 3 is 2.55 bits per heavy atom. The number of ether oxygens (including phenoxy) is 1. The lowest BCUT2D eigenvalue weighted by Crippen LogP contribution is -2.43. The summed E-state index contributed by atoms with van der Waals surface area (Å²) in [4.78, 5) is 44.4. The van der Waals surface area contributed by atoms with Crippen molar-refractivity contribution in [3.05, 3.63) is 33.6 Å². The topological polar surface area (TPSA) is 81.5 Å². The van der Waals surface area contributed by atoms with Crippen LogP contribution in [0.3, 0.4) is 0 Å². The molecule has 1 fully saturated rings. The van der Waals surface area contributed by atoms with E-state index in [1.54, 1.807) is 34.6 Å². The molecule has 0 radical (unpaired) electrons. The maximum absolute atomic E-state index is 13.0. The summed E-state index contributed by atoms with van der Waals surface area (Å²) in [5, 5.41) is 1.08. The van der Waals surface area contributed by atoms with Crippen LogP contribution in [0.1, 0.15) is 46.6 Å². The van der Waals surface area contributed by atoms with E-state index in [0.29, 0.717) is 53.6 Å². The number of halogens is 1. The Bertz CT molecular complexity index is 1030. The second kappa shape index (κ2) is 10.0. The number of hydrogen-bond acceptors (Lipinski definition) is 6. The molecule has 1 aromatic carbocycles. The van der Waals surface area contributed by atoms with Gasteiger partial charge in [-0.25, -0.2) is 4.98 Å². The number of rotatable bonds is 6. The third-order valence-corrected chi connectivity index (χ3v) is 6.69. The van der Waals surface area contributed by atoms with Crippen LogP contribution in [0.2, 0.25) is 5.02 Å². The van der Waals surface area contributed by atoms with E-state index in [4.69, 9.17) is 16.3 Å². The summed E-state index contributed by atoms with van der Waals surface area (Å²) < 4.78 is 6.72. The summed E-state index contributed by atoms with van der Waals surface area (Å²) in [6.45, 7) is 8.86. The van der Waals surface area contributed by atoms with Crippen LogP contribution in [-0.2, 0) is 14.3 Å². The summed E-state index contributed by atoms with van der Waals surface area (Å²) >= 11 is 7.36. The molecule has 1 saturated heterocycles. The van der Waals surface area contributed by atoms with Crippen molar-refractivity contribution in [1.82, 2.24) is 14.5 Å². The van der Waals surface area contributed by atoms with Crippen LogP contribution in [0.15, 0.2) is 28.2 Å². The highest BCUT2D eigenvalue weighted by atomic mass is 35.5. The Morgan fingerprint density at radius 2 is 1.94 bits per heavy atom. The highest BCUT2D eigenvalue weighted by Gasteiger charge is 2.31. The second-order valence-corrected chi connectivity index (χ2v) is 9.68. The van der Waals surface area contributed by atoms with E-state index in [1.165, 1.54) is 11.8 Å². The average molecular weight is 466 g/mol. The third kappa shape index (κ3) is 5.23. The quantitative estimate of drug-likeness (QED) is 0.365. The van der Waals surface area contributed by atoms with Gasteiger partial charge in [-0.05, 0) is 58.7 Å². The van der Waals surface area contributed by atoms with E-state index in [1.807, 2.05) is 20.8 Å². The number of fused-ring (bicyclic) bond motifs is 1. The lowest BCUT2D eigenvalue weighted by molar-refractivity contribution is -0.151. The summed E-state index contributed by atoms with van der Waals surface area (Å²) in [6.07, 6.45) is 1.21. The molecule has 2 heterocycles. The molecule has 1 aliphatic rings. The number of thioether (sulfide) groups is 1. The molecule has 9 heteroatoms. The van der Waals surface area contributed by atoms with E-state index in [2.05, 4.69) is 4.98 Å². The van der Waals surface area contributed by atoms with Gasteiger partial charge >= 0.3 is 5.97 Å². The van der Waals surface area contributed by atoms with Crippen LogP contribution in [0, 0.1) is 5.92 Å². The first-order valence-corrected chi connectivity index (χ1v) is 11.8. The number of nitrogens with zero attached hydrogens (tertiary/aromatic N) is 3. The molecule has 0 spiro atoms. The predicted molar refractivity (Wildman–Crippen MR) is 123 cm³/mol. The normalized spacial score (nSPS) is 16.0. The van der Waals surface area contributed by atoms with Crippen molar-refractivity contribution in [1.29, 1.82) is 0 Å². The fraction of sp³-hybridized carbons (Fsp3) is 0.545. The Balaban J connectivity index is 1.77. The van der Waals surface area contributed by atoms with Crippen LogP contribution in [0.25, 0.3) is 10.9 Å². The molecule has 0 bridgehead atoms. The van der Waals surface area contributed by atoms with Gasteiger partial charge in [0.1, 0.15) is 0 Å². The van der Waals surface area contributed by atoms with Crippen molar-refractivity contribution in [2.75, 3.05) is 19.7 Å². The van der Waals surface area contributed by atoms with Crippen LogP contribution < -0.4 is 5.56 Å². The van der Waals surface area contributed by atoms with E-state index in [-0.39, 0.29) is 29.4 Å². The van der Waals surface area contributed by atoms with Crippen LogP contribution in [-0.4, -0.2) is 51.3 Å². The number of aromatic nitrogens is 2. The number of esters is 1. The van der Waals surface area contributed by atoms with Crippen LogP contribution in [0.5, 0.6) is 0 Å². The van der Waals surface area contributed by atoms with E-state index < -0.39 is 5.25 Å². The van der Waals surface area contributed by atoms with Gasteiger partial charge in [-0.2, -0.15) is 0 Å². The van der Waals surface area contributed by atoms with Crippen molar-refractivity contribution in [3.8, 4) is 0 Å². The summed E-state index contributed by atoms with van der Waals surface area (Å²) in [7, 11) is 0. The number of likely N-dealkylation sites (tertiary alicyclic amines) is 1. The zero-order valence-corrected chi connectivity index (χ0v) is 19.8. The number of amides is 1. The van der Waals surface area contributed by atoms with Gasteiger partial charge < -0.3 is 9.64 Å². The SMILES string of the molecule is CCOC(=O)C1CCN(C(=O)C(C)Sc2nc3cc(Cl)ccc3c(=O)n2C(C)C)CC1. The number of hydrogen-bond donors (Lipinski definition) is 0. The fourth-order valence-corrected chi connectivity index (χ4v) is 5.04. The number of benzene rings is 1. The number of carbonyl (C=O) groups is 2. The smallest absolute Gasteiger partial charge is 0.309 e. The maximum Gasteiger partial charge on any atom is 0.309 e. The third-order valence-electron chi connectivity index (χ3n) is 5.40. The molecule has 1 amide bonds. The summed E-state index contributed by atoms with van der Waals surface area (Å²) in [5.74, 6) is -0.356. The molecule has 1 unspecified atom stereocenters. The molecule has 1 atom stereocenters. The molecule has 7 nitrogen and oxygen atoms in total. The Hall–Kier alpha value is -2.06. The average Bonchev–Trinajstić information content (AvgIpc) is 2.73. The van der Waals surface area contributed by atoms with Gasteiger partial charge in [0.25, 0.3) is 5.56 Å². The second-order valence-electron chi connectivity index (χ2n) is 7.94. The first-order chi connectivity index (χ1) is 14.7. The minimum atomic E-state index is -0.423. The first-order valence-electron chi connectivity index (χ1n) is 10.6. The maximum atomic E-state index is 13.0. The lowest BCUT2D eigenvalue weighted by Gasteiger charge is -2.32. The molecular formula is C22H28ClN3O4S. The summed E-state index contributed by atoms with van der Waals surface area (Å²) in [5.41, 5.74) is 0.376. The van der Waals surface area contributed by atoms with E-state index >= 15 is 0 Å². The van der Waals surface area contributed by atoms with Crippen molar-refractivity contribution < 1.29 is 14.3 Å². The van der Waals surface area contributed by atoms with Gasteiger partial charge in [0.05, 0.1) is 28.7 Å². The first kappa shape index (κ1) is 23.6. The molecule has 1 aliphatic heterocycles. The van der Waals surface area contributed by atoms with Crippen molar-refractivity contribution in [2.45, 2.75) is 57.0 Å². The van der Waals surface area contributed by atoms with Gasteiger partial charge in [0.15, 0.2) is 5.16 Å². The monoisotopic (exact) mass is 465 g/mol. The Kier molecular flexibility index (Phi) is 7.64. The summed E-state index contributed by atoms with van der Waals surface area (Å²) in [6, 6.07) is 4.92. The fourth-order valence-electron chi connectivity index (χ4n) is 3.75. The molecule has 31 heavy (non-hydrogen) atoms. The van der Waals surface area contributed by atoms with Gasteiger partial charge in [-0.3, -0.25) is 19.0 Å². The predicted octanol–water partition coefficient (Wildman–Crippen LogP) is 3.91. The molecule has 0 saturated carbocycles. The van der Waals surface area contributed by atoms with Crippen molar-refractivity contribution >= 4 is 46.1 Å². The number of piperidine rings is 1. The number of carbonyl (C=O) groups excluding carboxylic acids is 2. The van der Waals surface area contributed by atoms with Gasteiger partial charge in [0, 0.05) is 24.2 Å². The van der Waals surface area contributed by atoms with Crippen molar-refractivity contribution in [3.63, 3.8) is 0 Å². The van der Waals surface area contributed by atoms with Crippen LogP contribution in [0.4, 0.5) is 0 Å². The molecule has 3 rings (SSSR count). The molecule has 1 aromatic heterocycles. The molecule has 2 aromatic rings. The minimum Gasteiger partial charge on any atom is -0.466 e. The standard InChI is InChI=1S/C22H28ClN3O4S/c1-5-30-21(29)15-8-10-25(11-9-15)19(27)14(4)31-22-24-18-12-16(23)6-7-17(18)20(28)26(22)13(2)3/h6-7,12-15H,5,8-11H2,1-4H3. The van der Waals surface area contributed by atoms with Gasteiger partial charge in [-0.15, -0.1) is 0 Å². The van der Waals surface area contributed by atoms with Gasteiger partial charge in [-0.1, -0.05) is 23.4 Å². The lowest BCUT2D eigenvalue weighted by atomic mass is 9.97. The molecular weight excluding hydrogens is 438 g/mol. The Morgan fingerprint density at radius 1 is 1.26 bits per heavy atom. The molecule has 168 valence electrons. The van der Waals surface area contributed by atoms with Crippen LogP contribution >= 0.6 is 23.4 Å². The highest BCUT2D eigenvalue weighted by molar-refractivity contribution is 8.00. The molecule has 0 aliphatic carbocycles. The zero-order valence-electron chi connectivity index (χ0n) is 18.3. The minimum absolute atomic E-state index is 0.0249. The van der Waals surface area contributed by atoms with Crippen molar-refractivity contribution in [2.24, 2.45) is 5.92 Å². The van der Waals surface area contributed by atoms with Gasteiger partial charge in [0.2, 0.25) is 5.91 Å². The zero-order chi connectivity index (χ0) is 22.7. The Labute approximate surface area is 191 Å². The highest BCUT2D eigenvalue weighted by Crippen LogP contribution is 2.28. The largest absolute Gasteiger partial charge is 0.466 e. The molecule has 0 N–H and O–H groups in total. The van der Waals surface area contributed by atoms with E-state index in [9.17, 15) is 14.4 Å².